The maximum absolute atomic E-state index is 13.1. The lowest BCUT2D eigenvalue weighted by atomic mass is 10.1. The summed E-state index contributed by atoms with van der Waals surface area (Å²) in [5.74, 6) is 6.00. The van der Waals surface area contributed by atoms with Crippen LogP contribution < -0.4 is 26.4 Å². The van der Waals surface area contributed by atoms with Crippen LogP contribution in [0.3, 0.4) is 0 Å². The quantitative estimate of drug-likeness (QED) is 0.200. The van der Waals surface area contributed by atoms with Crippen molar-refractivity contribution in [3.63, 3.8) is 0 Å². The highest BCUT2D eigenvalue weighted by Gasteiger charge is 2.29. The van der Waals surface area contributed by atoms with Crippen molar-refractivity contribution in [1.82, 2.24) is 30.3 Å². The van der Waals surface area contributed by atoms with E-state index in [1.807, 2.05) is 6.92 Å². The number of hydrazine groups is 1. The fourth-order valence-electron chi connectivity index (χ4n) is 3.18. The zero-order valence-electron chi connectivity index (χ0n) is 19.5. The molecular weight excluding hydrogens is 502 g/mol. The van der Waals surface area contributed by atoms with E-state index in [2.05, 4.69) is 30.0 Å². The molecule has 0 spiro atoms. The highest BCUT2D eigenvalue weighted by Crippen LogP contribution is 2.28. The Kier molecular flexibility index (Phi) is 8.40. The van der Waals surface area contributed by atoms with E-state index in [-0.39, 0.29) is 16.8 Å². The topological polar surface area (TPSA) is 174 Å². The molecular formula is C22H27N9O3S2. The van der Waals surface area contributed by atoms with Crippen molar-refractivity contribution in [3.8, 4) is 16.5 Å². The molecule has 190 valence electrons. The first kappa shape index (κ1) is 25.5. The largest absolute Gasteiger partial charge is 0.477 e. The second kappa shape index (κ2) is 11.9. The maximum Gasteiger partial charge on any atom is 0.280 e. The van der Waals surface area contributed by atoms with Gasteiger partial charge in [0.05, 0.1) is 47.4 Å². The Morgan fingerprint density at radius 2 is 2.19 bits per heavy atom. The summed E-state index contributed by atoms with van der Waals surface area (Å²) in [5, 5.41) is 4.69. The predicted molar refractivity (Wildman–Crippen MR) is 138 cm³/mol. The number of hydrogen-bond donors (Lipinski definition) is 4. The molecule has 6 N–H and O–H groups in total. The number of carbonyl (C=O) groups is 1. The third-order valence-electron chi connectivity index (χ3n) is 5.02. The van der Waals surface area contributed by atoms with Gasteiger partial charge in [-0.25, -0.2) is 20.0 Å². The van der Waals surface area contributed by atoms with Crippen molar-refractivity contribution in [2.45, 2.75) is 31.1 Å². The van der Waals surface area contributed by atoms with Crippen LogP contribution in [0.1, 0.15) is 41.3 Å². The molecule has 1 amide bonds. The van der Waals surface area contributed by atoms with Gasteiger partial charge in [0.1, 0.15) is 16.7 Å². The number of nitrogens with one attached hydrogen (secondary N) is 2. The first-order valence-corrected chi connectivity index (χ1v) is 13.2. The van der Waals surface area contributed by atoms with Gasteiger partial charge in [0, 0.05) is 30.5 Å². The van der Waals surface area contributed by atoms with Gasteiger partial charge < -0.3 is 25.5 Å². The van der Waals surface area contributed by atoms with Crippen LogP contribution in [-0.2, 0) is 11.0 Å². The molecule has 3 aromatic heterocycles. The monoisotopic (exact) mass is 529 g/mol. The average Bonchev–Trinajstić information content (AvgIpc) is 3.60. The van der Waals surface area contributed by atoms with E-state index in [4.69, 9.17) is 16.3 Å². The molecule has 4 rings (SSSR count). The highest BCUT2D eigenvalue weighted by molar-refractivity contribution is 7.87. The fourth-order valence-corrected chi connectivity index (χ4v) is 5.04. The minimum atomic E-state index is -1.16. The summed E-state index contributed by atoms with van der Waals surface area (Å²) in [5.41, 5.74) is 7.20. The molecule has 0 saturated heterocycles. The Labute approximate surface area is 214 Å². The van der Waals surface area contributed by atoms with Crippen LogP contribution in [0.25, 0.3) is 10.6 Å². The van der Waals surface area contributed by atoms with Gasteiger partial charge >= 0.3 is 0 Å². The van der Waals surface area contributed by atoms with Crippen molar-refractivity contribution < 1.29 is 13.7 Å². The Morgan fingerprint density at radius 3 is 2.94 bits per heavy atom. The highest BCUT2D eigenvalue weighted by atomic mass is 32.2. The molecule has 12 nitrogen and oxygen atoms in total. The van der Waals surface area contributed by atoms with E-state index >= 15 is 0 Å². The molecule has 0 bridgehead atoms. The van der Waals surface area contributed by atoms with E-state index in [1.54, 1.807) is 30.7 Å². The number of ether oxygens (including phenoxy) is 1. The van der Waals surface area contributed by atoms with Crippen LogP contribution in [-0.4, -0.2) is 53.5 Å². The number of aromatic nitrogens is 4. The van der Waals surface area contributed by atoms with Gasteiger partial charge in [-0.3, -0.25) is 14.8 Å². The zero-order chi connectivity index (χ0) is 25.5. The van der Waals surface area contributed by atoms with Crippen LogP contribution in [0, 0.1) is 0 Å². The Hall–Kier alpha value is -3.62. The normalized spacial score (nSPS) is 14.8. The van der Waals surface area contributed by atoms with Crippen molar-refractivity contribution >= 4 is 33.9 Å². The van der Waals surface area contributed by atoms with E-state index in [0.717, 1.165) is 12.8 Å². The molecule has 14 heteroatoms. The summed E-state index contributed by atoms with van der Waals surface area (Å²) < 4.78 is 20.7. The summed E-state index contributed by atoms with van der Waals surface area (Å²) in [4.78, 5) is 31.0. The maximum atomic E-state index is 13.1. The lowest BCUT2D eigenvalue weighted by Crippen LogP contribution is -2.39. The van der Waals surface area contributed by atoms with Gasteiger partial charge in [-0.2, -0.15) is 0 Å². The molecule has 1 fully saturated rings. The van der Waals surface area contributed by atoms with E-state index in [0.29, 0.717) is 34.4 Å². The molecule has 0 aromatic carbocycles. The number of amides is 1. The number of anilines is 1. The minimum Gasteiger partial charge on any atom is -0.477 e. The summed E-state index contributed by atoms with van der Waals surface area (Å²) in [6.45, 7) is 2.51. The van der Waals surface area contributed by atoms with Crippen LogP contribution in [0.4, 0.5) is 5.69 Å². The number of thiazole rings is 1. The van der Waals surface area contributed by atoms with Crippen LogP contribution in [0.2, 0.25) is 0 Å². The Bertz CT molecular complexity index is 1250. The molecule has 3 heterocycles. The van der Waals surface area contributed by atoms with Crippen molar-refractivity contribution in [3.05, 3.63) is 60.0 Å². The standard InChI is InChI=1S/C22H27N9O3S2/c1-2-34-20-12-25-10-17(28-20)19-11-27-22(35-19)21(32)29-18(13-31(24)8-6-23)16-9-14(5-7-26-16)30-36(33)15-3-4-15/h5-12,15,18H,2-4,13,23-24H2,1H3,(H,26,30)(H,29,32)/b8-6-. The van der Waals surface area contributed by atoms with Crippen molar-refractivity contribution in [2.75, 3.05) is 17.9 Å². The second-order valence-corrected chi connectivity index (χ2v) is 10.3. The second-order valence-electron chi connectivity index (χ2n) is 7.84. The number of hydrogen-bond acceptors (Lipinski definition) is 11. The van der Waals surface area contributed by atoms with Crippen molar-refractivity contribution in [2.24, 2.45) is 11.6 Å². The van der Waals surface area contributed by atoms with Gasteiger partial charge in [0.2, 0.25) is 5.88 Å². The van der Waals surface area contributed by atoms with Gasteiger partial charge in [0.25, 0.3) is 5.91 Å². The van der Waals surface area contributed by atoms with Gasteiger partial charge in [-0.1, -0.05) is 0 Å². The summed E-state index contributed by atoms with van der Waals surface area (Å²) in [7, 11) is -1.16. The number of nitrogens with zero attached hydrogens (tertiary/aromatic N) is 5. The lowest BCUT2D eigenvalue weighted by molar-refractivity contribution is 0.0928. The molecule has 3 aromatic rings. The first-order chi connectivity index (χ1) is 17.5. The van der Waals surface area contributed by atoms with E-state index in [1.165, 1.54) is 34.9 Å². The third-order valence-corrected chi connectivity index (χ3v) is 7.55. The molecule has 1 saturated carbocycles. The average molecular weight is 530 g/mol. The third kappa shape index (κ3) is 6.74. The number of carbonyl (C=O) groups excluding carboxylic acids is 1. The Balaban J connectivity index is 1.52. The molecule has 1 aliphatic carbocycles. The number of nitrogens with two attached hydrogens (primary N) is 2. The van der Waals surface area contributed by atoms with Crippen LogP contribution in [0.15, 0.2) is 49.3 Å². The van der Waals surface area contributed by atoms with Crippen LogP contribution >= 0.6 is 11.3 Å². The van der Waals surface area contributed by atoms with Gasteiger partial charge in [-0.15, -0.1) is 11.3 Å². The first-order valence-electron chi connectivity index (χ1n) is 11.2. The number of pyridine rings is 1. The summed E-state index contributed by atoms with van der Waals surface area (Å²) >= 11 is 1.18. The molecule has 2 atom stereocenters. The molecule has 0 aliphatic heterocycles. The molecule has 1 aliphatic rings. The van der Waals surface area contributed by atoms with E-state index < -0.39 is 22.9 Å². The van der Waals surface area contributed by atoms with Gasteiger partial charge in [0.15, 0.2) is 5.01 Å². The van der Waals surface area contributed by atoms with Crippen LogP contribution in [0.5, 0.6) is 5.88 Å². The number of rotatable bonds is 12. The van der Waals surface area contributed by atoms with E-state index in [9.17, 15) is 9.00 Å². The predicted octanol–water partition coefficient (Wildman–Crippen LogP) is 1.71. The fraction of sp³-hybridized carbons (Fsp3) is 0.318. The Morgan fingerprint density at radius 1 is 1.36 bits per heavy atom. The molecule has 2 unspecified atom stereocenters. The smallest absolute Gasteiger partial charge is 0.280 e. The summed E-state index contributed by atoms with van der Waals surface area (Å²) in [6, 6.07) is 2.86. The zero-order valence-corrected chi connectivity index (χ0v) is 21.2. The minimum absolute atomic E-state index is 0.171. The lowest BCUT2D eigenvalue weighted by Gasteiger charge is -2.23. The van der Waals surface area contributed by atoms with Crippen molar-refractivity contribution in [1.29, 1.82) is 0 Å². The van der Waals surface area contributed by atoms with Gasteiger partial charge in [-0.05, 0) is 31.9 Å². The molecule has 0 radical (unpaired) electrons. The summed E-state index contributed by atoms with van der Waals surface area (Å²) in [6.07, 6.45) is 10.9. The SMILES string of the molecule is CCOc1cncc(-c2cnc(C(=O)NC(CN(N)/C=C\N)c3cc(NS(=O)C4CC4)ccn3)s2)n1. The molecule has 36 heavy (non-hydrogen) atoms.